The van der Waals surface area contributed by atoms with Gasteiger partial charge in [-0.1, -0.05) is 48.0 Å². The van der Waals surface area contributed by atoms with Crippen LogP contribution in [0, 0.1) is 16.0 Å². The summed E-state index contributed by atoms with van der Waals surface area (Å²) in [5.74, 6) is -2.27. The second kappa shape index (κ2) is 10.5. The predicted molar refractivity (Wildman–Crippen MR) is 148 cm³/mol. The van der Waals surface area contributed by atoms with E-state index in [1.165, 1.54) is 23.3 Å². The van der Waals surface area contributed by atoms with Crippen LogP contribution >= 0.6 is 11.6 Å². The Hall–Kier alpha value is -5.06. The fourth-order valence-electron chi connectivity index (χ4n) is 5.04. The molecule has 0 aromatic heterocycles. The second-order valence-corrected chi connectivity index (χ2v) is 9.85. The third-order valence-electron chi connectivity index (χ3n) is 6.94. The number of carbonyl (C=O) groups excluding carboxylic acids is 3. The third kappa shape index (κ3) is 4.79. The van der Waals surface area contributed by atoms with E-state index in [1.54, 1.807) is 84.9 Å². The van der Waals surface area contributed by atoms with Crippen molar-refractivity contribution in [2.75, 3.05) is 9.96 Å². The summed E-state index contributed by atoms with van der Waals surface area (Å²) in [5.41, 5.74) is 1.44. The quantitative estimate of drug-likeness (QED) is 0.0979. The molecule has 10 nitrogen and oxygen atoms in total. The van der Waals surface area contributed by atoms with Gasteiger partial charge in [0, 0.05) is 17.2 Å². The number of carbonyl (C=O) groups is 3. The van der Waals surface area contributed by atoms with E-state index in [-0.39, 0.29) is 11.4 Å². The van der Waals surface area contributed by atoms with Crippen molar-refractivity contribution in [3.8, 4) is 5.75 Å². The van der Waals surface area contributed by atoms with Crippen LogP contribution in [0.2, 0.25) is 5.02 Å². The summed E-state index contributed by atoms with van der Waals surface area (Å²) in [6.45, 7) is 0. The van der Waals surface area contributed by atoms with Crippen molar-refractivity contribution in [3.63, 3.8) is 0 Å². The Morgan fingerprint density at radius 1 is 0.854 bits per heavy atom. The summed E-state index contributed by atoms with van der Waals surface area (Å²) in [7, 11) is 0. The Labute approximate surface area is 238 Å². The number of amides is 2. The van der Waals surface area contributed by atoms with Crippen molar-refractivity contribution in [2.24, 2.45) is 5.92 Å². The van der Waals surface area contributed by atoms with Gasteiger partial charge in [-0.25, -0.2) is 14.8 Å². The number of ether oxygens (including phenoxy) is 1. The topological polar surface area (TPSA) is 119 Å². The van der Waals surface area contributed by atoms with Crippen molar-refractivity contribution < 1.29 is 28.9 Å². The fraction of sp³-hybridized carbons (Fsp3) is 0.100. The maximum Gasteiger partial charge on any atom is 0.343 e. The van der Waals surface area contributed by atoms with E-state index >= 15 is 0 Å². The number of hydrogen-bond acceptors (Lipinski definition) is 8. The smallest absolute Gasteiger partial charge is 0.343 e. The van der Waals surface area contributed by atoms with Crippen LogP contribution < -0.4 is 14.7 Å². The molecular formula is C30H20ClN3O7. The van der Waals surface area contributed by atoms with Gasteiger partial charge in [-0.3, -0.25) is 24.5 Å². The van der Waals surface area contributed by atoms with Crippen LogP contribution in [0.5, 0.6) is 5.75 Å². The lowest BCUT2D eigenvalue weighted by molar-refractivity contribution is -0.384. The number of benzene rings is 4. The molecule has 0 spiro atoms. The fourth-order valence-corrected chi connectivity index (χ4v) is 5.16. The number of nitro groups is 1. The number of hydroxylamine groups is 1. The van der Waals surface area contributed by atoms with Gasteiger partial charge in [-0.2, -0.15) is 0 Å². The molecule has 2 heterocycles. The summed E-state index contributed by atoms with van der Waals surface area (Å²) in [6, 6.07) is 26.2. The van der Waals surface area contributed by atoms with Crippen LogP contribution in [-0.4, -0.2) is 28.8 Å². The van der Waals surface area contributed by atoms with Gasteiger partial charge in [0.25, 0.3) is 11.6 Å². The van der Waals surface area contributed by atoms with Crippen molar-refractivity contribution in [3.05, 3.63) is 129 Å². The second-order valence-electron chi connectivity index (χ2n) is 9.41. The summed E-state index contributed by atoms with van der Waals surface area (Å²) < 4.78 is 5.48. The van der Waals surface area contributed by atoms with Gasteiger partial charge in [0.1, 0.15) is 11.7 Å². The highest BCUT2D eigenvalue weighted by Gasteiger charge is 2.60. The molecule has 3 unspecified atom stereocenters. The van der Waals surface area contributed by atoms with Gasteiger partial charge in [0.05, 0.1) is 27.9 Å². The molecule has 0 radical (unpaired) electrons. The van der Waals surface area contributed by atoms with Crippen LogP contribution in [0.3, 0.4) is 0 Å². The normalized spacial score (nSPS) is 19.8. The van der Waals surface area contributed by atoms with E-state index in [0.29, 0.717) is 27.5 Å². The molecule has 0 bridgehead atoms. The minimum absolute atomic E-state index is 0.175. The largest absolute Gasteiger partial charge is 0.423 e. The average Bonchev–Trinajstić information content (AvgIpc) is 3.50. The summed E-state index contributed by atoms with van der Waals surface area (Å²) >= 11 is 5.99. The van der Waals surface area contributed by atoms with Crippen LogP contribution in [0.4, 0.5) is 17.1 Å². The lowest BCUT2D eigenvalue weighted by Gasteiger charge is -2.28. The first-order valence-electron chi connectivity index (χ1n) is 12.5. The Balaban J connectivity index is 1.35. The van der Waals surface area contributed by atoms with Crippen molar-refractivity contribution in [2.45, 2.75) is 12.1 Å². The standard InChI is InChI=1S/C30H20ClN3O7/c31-20-11-13-21(14-12-20)32-28(35)25-26(18-9-15-24(16-10-18)40-30(37)19-5-2-1-3-6-19)33(41-27(25)29(32)36)22-7-4-8-23(17-22)34(38)39/h1-17,25-27H. The highest BCUT2D eigenvalue weighted by atomic mass is 35.5. The van der Waals surface area contributed by atoms with Crippen molar-refractivity contribution >= 4 is 46.4 Å². The number of anilines is 2. The molecule has 0 aliphatic carbocycles. The molecule has 0 N–H and O–H groups in total. The van der Waals surface area contributed by atoms with E-state index in [1.807, 2.05) is 0 Å². The first-order chi connectivity index (χ1) is 19.8. The SMILES string of the molecule is O=C(Oc1ccc(C2C3C(=O)N(c4ccc(Cl)cc4)C(=O)C3ON2c2cccc([N+](=O)[O-])c2)cc1)c1ccccc1. The molecule has 11 heteroatoms. The maximum absolute atomic E-state index is 13.8. The Kier molecular flexibility index (Phi) is 6.70. The highest BCUT2D eigenvalue weighted by molar-refractivity contribution is 6.31. The minimum atomic E-state index is -1.17. The number of non-ortho nitro benzene ring substituents is 1. The number of esters is 1. The van der Waals surface area contributed by atoms with E-state index < -0.39 is 40.8 Å². The molecule has 2 fully saturated rings. The first-order valence-corrected chi connectivity index (χ1v) is 12.9. The van der Waals surface area contributed by atoms with Gasteiger partial charge in [0.15, 0.2) is 6.10 Å². The molecule has 6 rings (SSSR count). The van der Waals surface area contributed by atoms with Gasteiger partial charge in [0.2, 0.25) is 5.91 Å². The molecule has 2 amide bonds. The highest BCUT2D eigenvalue weighted by Crippen LogP contribution is 2.48. The zero-order valence-corrected chi connectivity index (χ0v) is 21.9. The van der Waals surface area contributed by atoms with E-state index in [4.69, 9.17) is 21.2 Å². The third-order valence-corrected chi connectivity index (χ3v) is 7.19. The number of halogens is 1. The molecule has 2 aliphatic heterocycles. The lowest BCUT2D eigenvalue weighted by atomic mass is 9.90. The number of rotatable bonds is 6. The minimum Gasteiger partial charge on any atom is -0.423 e. The van der Waals surface area contributed by atoms with E-state index in [0.717, 1.165) is 4.90 Å². The Morgan fingerprint density at radius 2 is 1.56 bits per heavy atom. The molecule has 41 heavy (non-hydrogen) atoms. The van der Waals surface area contributed by atoms with Crippen LogP contribution in [0.15, 0.2) is 103 Å². The van der Waals surface area contributed by atoms with E-state index in [9.17, 15) is 24.5 Å². The molecule has 2 saturated heterocycles. The number of hydrogen-bond donors (Lipinski definition) is 0. The monoisotopic (exact) mass is 569 g/mol. The van der Waals surface area contributed by atoms with Crippen LogP contribution in [-0.2, 0) is 14.4 Å². The summed E-state index contributed by atoms with van der Waals surface area (Å²) in [5, 5.41) is 13.3. The predicted octanol–water partition coefficient (Wildman–Crippen LogP) is 5.52. The van der Waals surface area contributed by atoms with Crippen LogP contribution in [0.1, 0.15) is 22.0 Å². The molecule has 204 valence electrons. The molecular weight excluding hydrogens is 550 g/mol. The van der Waals surface area contributed by atoms with E-state index in [2.05, 4.69) is 0 Å². The lowest BCUT2D eigenvalue weighted by Crippen LogP contribution is -2.37. The van der Waals surface area contributed by atoms with Gasteiger partial charge >= 0.3 is 5.97 Å². The molecule has 3 atom stereocenters. The number of fused-ring (bicyclic) bond motifs is 1. The zero-order chi connectivity index (χ0) is 28.7. The Morgan fingerprint density at radius 3 is 2.24 bits per heavy atom. The number of nitrogens with zero attached hydrogens (tertiary/aromatic N) is 3. The molecule has 0 saturated carbocycles. The van der Waals surface area contributed by atoms with Gasteiger partial charge in [-0.15, -0.1) is 0 Å². The summed E-state index contributed by atoms with van der Waals surface area (Å²) in [4.78, 5) is 57.8. The Bertz CT molecular complexity index is 1660. The maximum atomic E-state index is 13.8. The van der Waals surface area contributed by atoms with Gasteiger partial charge < -0.3 is 4.74 Å². The average molecular weight is 570 g/mol. The van der Waals surface area contributed by atoms with Crippen molar-refractivity contribution in [1.29, 1.82) is 0 Å². The number of nitro benzene ring substituents is 1. The van der Waals surface area contributed by atoms with Crippen LogP contribution in [0.25, 0.3) is 0 Å². The molecule has 4 aromatic carbocycles. The zero-order valence-electron chi connectivity index (χ0n) is 21.1. The van der Waals surface area contributed by atoms with Crippen molar-refractivity contribution in [1.82, 2.24) is 0 Å². The molecule has 4 aromatic rings. The summed E-state index contributed by atoms with van der Waals surface area (Å²) in [6.07, 6.45) is -1.17. The first kappa shape index (κ1) is 26.2. The molecule has 2 aliphatic rings. The van der Waals surface area contributed by atoms with Gasteiger partial charge in [-0.05, 0) is 60.2 Å². The number of imide groups is 1.